The van der Waals surface area contributed by atoms with Crippen LogP contribution in [0.4, 0.5) is 5.82 Å². The molecule has 0 aliphatic heterocycles. The van der Waals surface area contributed by atoms with Gasteiger partial charge < -0.3 is 14.8 Å². The second kappa shape index (κ2) is 8.40. The van der Waals surface area contributed by atoms with E-state index in [2.05, 4.69) is 21.6 Å². The van der Waals surface area contributed by atoms with Crippen LogP contribution in [0.2, 0.25) is 0 Å². The summed E-state index contributed by atoms with van der Waals surface area (Å²) < 4.78 is 10.9. The Hall–Kier alpha value is -3.28. The van der Waals surface area contributed by atoms with Gasteiger partial charge in [0.05, 0.1) is 6.61 Å². The third-order valence-corrected chi connectivity index (χ3v) is 4.02. The number of aromatic amines is 1. The fraction of sp³-hybridized carbons (Fsp3) is 0.238. The molecule has 140 valence electrons. The molecule has 0 saturated heterocycles. The highest BCUT2D eigenvalue weighted by atomic mass is 16.5. The van der Waals surface area contributed by atoms with Crippen LogP contribution in [0.3, 0.4) is 0 Å². The average molecular weight is 365 g/mol. The second-order valence-corrected chi connectivity index (χ2v) is 6.18. The van der Waals surface area contributed by atoms with E-state index in [1.807, 2.05) is 51.1 Å². The minimum Gasteiger partial charge on any atom is -0.494 e. The van der Waals surface area contributed by atoms with E-state index in [1.54, 1.807) is 12.1 Å². The molecule has 0 fully saturated rings. The zero-order chi connectivity index (χ0) is 19.2. The molecule has 3 rings (SSSR count). The molecule has 1 amide bonds. The minimum absolute atomic E-state index is 0.104. The van der Waals surface area contributed by atoms with Crippen LogP contribution in [0, 0.1) is 13.8 Å². The Morgan fingerprint density at radius 1 is 1.07 bits per heavy atom. The van der Waals surface area contributed by atoms with Crippen LogP contribution in [-0.4, -0.2) is 29.3 Å². The van der Waals surface area contributed by atoms with Crippen LogP contribution < -0.4 is 14.8 Å². The molecule has 0 unspecified atom stereocenters. The van der Waals surface area contributed by atoms with E-state index in [0.717, 1.165) is 28.1 Å². The predicted octanol–water partition coefficient (Wildman–Crippen LogP) is 4.11. The van der Waals surface area contributed by atoms with Gasteiger partial charge in [0.25, 0.3) is 5.91 Å². The summed E-state index contributed by atoms with van der Waals surface area (Å²) in [5.74, 6) is 1.59. The molecule has 3 aromatic rings. The molecule has 0 atom stereocenters. The third kappa shape index (κ3) is 4.67. The minimum atomic E-state index is -0.274. The SMILES string of the molecule is CCOc1ccc(OCC(=O)Nc2n[nH]c(C)c2-c2cccc(C)c2)cc1. The lowest BCUT2D eigenvalue weighted by atomic mass is 10.0. The fourth-order valence-electron chi connectivity index (χ4n) is 2.79. The van der Waals surface area contributed by atoms with Crippen LogP contribution in [0.1, 0.15) is 18.2 Å². The molecular formula is C21H23N3O3. The molecule has 0 aliphatic carbocycles. The van der Waals surface area contributed by atoms with E-state index in [-0.39, 0.29) is 12.5 Å². The molecule has 6 heteroatoms. The predicted molar refractivity (Wildman–Crippen MR) is 105 cm³/mol. The van der Waals surface area contributed by atoms with Gasteiger partial charge in [0.2, 0.25) is 0 Å². The van der Waals surface area contributed by atoms with Gasteiger partial charge in [-0.25, -0.2) is 0 Å². The molecule has 0 radical (unpaired) electrons. The largest absolute Gasteiger partial charge is 0.494 e. The summed E-state index contributed by atoms with van der Waals surface area (Å²) in [6, 6.07) is 15.2. The Morgan fingerprint density at radius 2 is 1.78 bits per heavy atom. The number of nitrogens with one attached hydrogen (secondary N) is 2. The smallest absolute Gasteiger partial charge is 0.263 e. The topological polar surface area (TPSA) is 76.2 Å². The summed E-state index contributed by atoms with van der Waals surface area (Å²) >= 11 is 0. The van der Waals surface area contributed by atoms with Gasteiger partial charge in [-0.15, -0.1) is 0 Å². The summed E-state index contributed by atoms with van der Waals surface area (Å²) in [7, 11) is 0. The highest BCUT2D eigenvalue weighted by molar-refractivity contribution is 5.95. The first-order chi connectivity index (χ1) is 13.1. The Labute approximate surface area is 158 Å². The number of hydrogen-bond acceptors (Lipinski definition) is 4. The maximum absolute atomic E-state index is 12.3. The molecule has 0 spiro atoms. The van der Waals surface area contributed by atoms with Gasteiger partial charge in [-0.3, -0.25) is 9.89 Å². The summed E-state index contributed by atoms with van der Waals surface area (Å²) in [5.41, 5.74) is 3.92. The Morgan fingerprint density at radius 3 is 2.44 bits per heavy atom. The lowest BCUT2D eigenvalue weighted by Crippen LogP contribution is -2.20. The van der Waals surface area contributed by atoms with Crippen molar-refractivity contribution in [1.82, 2.24) is 10.2 Å². The highest BCUT2D eigenvalue weighted by Gasteiger charge is 2.15. The quantitative estimate of drug-likeness (QED) is 0.661. The van der Waals surface area contributed by atoms with Gasteiger partial charge in [0.15, 0.2) is 12.4 Å². The number of nitrogens with zero attached hydrogens (tertiary/aromatic N) is 1. The number of benzene rings is 2. The number of aromatic nitrogens is 2. The van der Waals surface area contributed by atoms with Crippen LogP contribution in [0.5, 0.6) is 11.5 Å². The molecule has 0 bridgehead atoms. The molecule has 2 N–H and O–H groups in total. The Kier molecular flexibility index (Phi) is 5.76. The normalized spacial score (nSPS) is 10.5. The molecule has 1 heterocycles. The van der Waals surface area contributed by atoms with E-state index in [9.17, 15) is 4.79 Å². The zero-order valence-corrected chi connectivity index (χ0v) is 15.7. The summed E-state index contributed by atoms with van der Waals surface area (Å²) in [4.78, 5) is 12.3. The van der Waals surface area contributed by atoms with E-state index < -0.39 is 0 Å². The van der Waals surface area contributed by atoms with Gasteiger partial charge >= 0.3 is 0 Å². The van der Waals surface area contributed by atoms with Crippen molar-refractivity contribution in [3.8, 4) is 22.6 Å². The van der Waals surface area contributed by atoms with Gasteiger partial charge in [0, 0.05) is 11.3 Å². The third-order valence-electron chi connectivity index (χ3n) is 4.02. The van der Waals surface area contributed by atoms with E-state index in [4.69, 9.17) is 9.47 Å². The molecule has 27 heavy (non-hydrogen) atoms. The summed E-state index contributed by atoms with van der Waals surface area (Å²) in [6.45, 7) is 6.39. The second-order valence-electron chi connectivity index (χ2n) is 6.18. The lowest BCUT2D eigenvalue weighted by molar-refractivity contribution is -0.118. The number of anilines is 1. The first-order valence-electron chi connectivity index (χ1n) is 8.84. The van der Waals surface area contributed by atoms with E-state index >= 15 is 0 Å². The van der Waals surface area contributed by atoms with Gasteiger partial charge in [-0.1, -0.05) is 29.8 Å². The number of carbonyl (C=O) groups excluding carboxylic acids is 1. The zero-order valence-electron chi connectivity index (χ0n) is 15.7. The Balaban J connectivity index is 1.65. The fourth-order valence-corrected chi connectivity index (χ4v) is 2.79. The van der Waals surface area contributed by atoms with Crippen LogP contribution in [-0.2, 0) is 4.79 Å². The molecule has 1 aromatic heterocycles. The van der Waals surface area contributed by atoms with Crippen molar-refractivity contribution in [3.63, 3.8) is 0 Å². The van der Waals surface area contributed by atoms with E-state index in [0.29, 0.717) is 18.2 Å². The lowest BCUT2D eigenvalue weighted by Gasteiger charge is -2.09. The summed E-state index contributed by atoms with van der Waals surface area (Å²) in [6.07, 6.45) is 0. The number of amides is 1. The van der Waals surface area contributed by atoms with Crippen LogP contribution in [0.15, 0.2) is 48.5 Å². The van der Waals surface area contributed by atoms with Gasteiger partial charge in [-0.05, 0) is 50.6 Å². The number of aryl methyl sites for hydroxylation is 2. The van der Waals surface area contributed by atoms with E-state index in [1.165, 1.54) is 0 Å². The highest BCUT2D eigenvalue weighted by Crippen LogP contribution is 2.30. The molecule has 2 aromatic carbocycles. The average Bonchev–Trinajstić information content (AvgIpc) is 3.01. The molecule has 0 saturated carbocycles. The van der Waals surface area contributed by atoms with Gasteiger partial charge in [0.1, 0.15) is 11.5 Å². The Bertz CT molecular complexity index is 917. The van der Waals surface area contributed by atoms with Crippen molar-refractivity contribution >= 4 is 11.7 Å². The number of carbonyl (C=O) groups is 1. The number of H-pyrrole nitrogens is 1. The first kappa shape index (κ1) is 18.5. The number of rotatable bonds is 7. The van der Waals surface area contributed by atoms with Crippen molar-refractivity contribution in [2.24, 2.45) is 0 Å². The maximum Gasteiger partial charge on any atom is 0.263 e. The molecular weight excluding hydrogens is 342 g/mol. The summed E-state index contributed by atoms with van der Waals surface area (Å²) in [5, 5.41) is 9.97. The van der Waals surface area contributed by atoms with Crippen molar-refractivity contribution in [1.29, 1.82) is 0 Å². The van der Waals surface area contributed by atoms with Gasteiger partial charge in [-0.2, -0.15) is 5.10 Å². The number of hydrogen-bond donors (Lipinski definition) is 2. The van der Waals surface area contributed by atoms with Crippen LogP contribution >= 0.6 is 0 Å². The van der Waals surface area contributed by atoms with Crippen molar-refractivity contribution in [2.45, 2.75) is 20.8 Å². The standard InChI is InChI=1S/C21H23N3O3/c1-4-26-17-8-10-18(11-9-17)27-13-19(25)22-21-20(15(3)23-24-21)16-7-5-6-14(2)12-16/h5-12H,4,13H2,1-3H3,(H2,22,23,24,25). The van der Waals surface area contributed by atoms with Crippen LogP contribution in [0.25, 0.3) is 11.1 Å². The molecule has 0 aliphatic rings. The number of ether oxygens (including phenoxy) is 2. The first-order valence-corrected chi connectivity index (χ1v) is 8.84. The maximum atomic E-state index is 12.3. The molecule has 6 nitrogen and oxygen atoms in total. The van der Waals surface area contributed by atoms with Crippen molar-refractivity contribution in [3.05, 3.63) is 59.8 Å². The monoisotopic (exact) mass is 365 g/mol. The van der Waals surface area contributed by atoms with Crippen molar-refractivity contribution < 1.29 is 14.3 Å². The van der Waals surface area contributed by atoms with Crippen molar-refractivity contribution in [2.75, 3.05) is 18.5 Å².